The van der Waals surface area contributed by atoms with E-state index in [-0.39, 0.29) is 4.90 Å². The van der Waals surface area contributed by atoms with Crippen molar-refractivity contribution in [2.45, 2.75) is 18.2 Å². The molecule has 0 amide bonds. The summed E-state index contributed by atoms with van der Waals surface area (Å²) in [6, 6.07) is 21.5. The van der Waals surface area contributed by atoms with Crippen LogP contribution in [0.5, 0.6) is 0 Å². The molecule has 0 spiro atoms. The highest BCUT2D eigenvalue weighted by Crippen LogP contribution is 2.14. The lowest BCUT2D eigenvalue weighted by Crippen LogP contribution is -2.18. The molecule has 3 aromatic rings. The Morgan fingerprint density at radius 1 is 0.962 bits per heavy atom. The quantitative estimate of drug-likeness (QED) is 0.551. The van der Waals surface area contributed by atoms with Crippen LogP contribution >= 0.6 is 0 Å². The van der Waals surface area contributed by atoms with E-state index in [0.717, 1.165) is 11.1 Å². The molecule has 1 aromatic heterocycles. The molecule has 0 unspecified atom stereocenters. The number of nitrogens with zero attached hydrogens (tertiary/aromatic N) is 2. The predicted molar refractivity (Wildman–Crippen MR) is 104 cm³/mol. The number of benzene rings is 2. The zero-order valence-electron chi connectivity index (χ0n) is 14.3. The van der Waals surface area contributed by atoms with Gasteiger partial charge in [-0.2, -0.15) is 8.42 Å². The first-order valence-electron chi connectivity index (χ1n) is 8.15. The van der Waals surface area contributed by atoms with Gasteiger partial charge >= 0.3 is 0 Å². The summed E-state index contributed by atoms with van der Waals surface area (Å²) in [6.45, 7) is 1.94. The van der Waals surface area contributed by atoms with Crippen molar-refractivity contribution < 1.29 is 8.42 Å². The highest BCUT2D eigenvalue weighted by molar-refractivity contribution is 7.90. The van der Waals surface area contributed by atoms with Gasteiger partial charge in [-0.3, -0.25) is 0 Å². The number of nitrogens with one attached hydrogen (secondary N) is 1. The molecular formula is C20H19N3O2S. The molecule has 132 valence electrons. The first-order chi connectivity index (χ1) is 12.5. The van der Waals surface area contributed by atoms with Gasteiger partial charge in [0.05, 0.1) is 4.90 Å². The van der Waals surface area contributed by atoms with Crippen LogP contribution in [0, 0.1) is 6.92 Å². The first kappa shape index (κ1) is 17.8. The Kier molecular flexibility index (Phi) is 5.43. The van der Waals surface area contributed by atoms with E-state index in [1.165, 1.54) is 12.1 Å². The van der Waals surface area contributed by atoms with Crippen LogP contribution in [-0.2, 0) is 16.4 Å². The lowest BCUT2D eigenvalue weighted by Gasteiger charge is -2.10. The third kappa shape index (κ3) is 4.77. The maximum absolute atomic E-state index is 12.6. The molecule has 0 atom stereocenters. The van der Waals surface area contributed by atoms with Crippen LogP contribution in [0.1, 0.15) is 11.1 Å². The summed E-state index contributed by atoms with van der Waals surface area (Å²) < 4.78 is 29.3. The average Bonchev–Trinajstić information content (AvgIpc) is 2.65. The second-order valence-corrected chi connectivity index (χ2v) is 7.44. The van der Waals surface area contributed by atoms with Crippen LogP contribution in [0.15, 0.2) is 88.3 Å². The van der Waals surface area contributed by atoms with Crippen LogP contribution in [0.25, 0.3) is 0 Å². The lowest BCUT2D eigenvalue weighted by molar-refractivity contribution is 0.598. The van der Waals surface area contributed by atoms with E-state index in [0.29, 0.717) is 18.1 Å². The molecule has 0 bridgehead atoms. The minimum Gasteiger partial charge on any atom is -0.327 e. The average molecular weight is 365 g/mol. The summed E-state index contributed by atoms with van der Waals surface area (Å²) in [4.78, 5) is 4.43. The zero-order chi connectivity index (χ0) is 18.4. The topological polar surface area (TPSA) is 71.4 Å². The molecule has 3 rings (SSSR count). The molecule has 0 aliphatic carbocycles. The molecule has 1 heterocycles. The molecule has 0 saturated carbocycles. The molecule has 0 radical (unpaired) electrons. The minimum absolute atomic E-state index is 0.157. The fourth-order valence-corrected chi connectivity index (χ4v) is 3.38. The van der Waals surface area contributed by atoms with Gasteiger partial charge < -0.3 is 5.32 Å². The SMILES string of the molecule is Cc1ccc(NC(Cc2ccccc2)=NS(=O)(=O)c2ccccc2)nc1. The number of amidine groups is 1. The zero-order valence-corrected chi connectivity index (χ0v) is 15.1. The number of hydrogen-bond donors (Lipinski definition) is 1. The van der Waals surface area contributed by atoms with Gasteiger partial charge in [-0.25, -0.2) is 4.98 Å². The molecule has 26 heavy (non-hydrogen) atoms. The summed E-state index contributed by atoms with van der Waals surface area (Å²) >= 11 is 0. The summed E-state index contributed by atoms with van der Waals surface area (Å²) in [5.41, 5.74) is 1.98. The van der Waals surface area contributed by atoms with Crippen molar-refractivity contribution in [3.63, 3.8) is 0 Å². The van der Waals surface area contributed by atoms with Gasteiger partial charge in [-0.05, 0) is 36.2 Å². The minimum atomic E-state index is -3.81. The van der Waals surface area contributed by atoms with Crippen molar-refractivity contribution >= 4 is 21.7 Å². The molecule has 5 nitrogen and oxygen atoms in total. The fourth-order valence-electron chi connectivity index (χ4n) is 2.37. The molecule has 1 N–H and O–H groups in total. The Morgan fingerprint density at radius 3 is 2.23 bits per heavy atom. The summed E-state index contributed by atoms with van der Waals surface area (Å²) in [6.07, 6.45) is 2.07. The molecular weight excluding hydrogens is 346 g/mol. The van der Waals surface area contributed by atoms with Crippen LogP contribution in [0.4, 0.5) is 5.82 Å². The number of rotatable bonds is 5. The number of pyridine rings is 1. The van der Waals surface area contributed by atoms with Gasteiger partial charge in [-0.15, -0.1) is 4.40 Å². The van der Waals surface area contributed by atoms with Crippen molar-refractivity contribution in [2.75, 3.05) is 5.32 Å². The van der Waals surface area contributed by atoms with Crippen LogP contribution in [0.2, 0.25) is 0 Å². The van der Waals surface area contributed by atoms with Gasteiger partial charge in [-0.1, -0.05) is 54.6 Å². The maximum atomic E-state index is 12.6. The van der Waals surface area contributed by atoms with E-state index in [9.17, 15) is 8.42 Å². The predicted octanol–water partition coefficient (Wildman–Crippen LogP) is 3.83. The monoisotopic (exact) mass is 365 g/mol. The Morgan fingerprint density at radius 2 is 1.62 bits per heavy atom. The van der Waals surface area contributed by atoms with Crippen molar-refractivity contribution in [2.24, 2.45) is 4.40 Å². The molecule has 0 saturated heterocycles. The Labute approximate surface area is 153 Å². The lowest BCUT2D eigenvalue weighted by atomic mass is 10.1. The van der Waals surface area contributed by atoms with Crippen LogP contribution < -0.4 is 5.32 Å². The first-order valence-corrected chi connectivity index (χ1v) is 9.59. The number of aryl methyl sites for hydroxylation is 1. The van der Waals surface area contributed by atoms with E-state index in [1.807, 2.05) is 43.3 Å². The normalized spacial score (nSPS) is 12.0. The number of hydrogen-bond acceptors (Lipinski definition) is 3. The Hall–Kier alpha value is -2.99. The van der Waals surface area contributed by atoms with E-state index in [2.05, 4.69) is 14.7 Å². The highest BCUT2D eigenvalue weighted by Gasteiger charge is 2.15. The van der Waals surface area contributed by atoms with Crippen molar-refractivity contribution in [1.29, 1.82) is 0 Å². The van der Waals surface area contributed by atoms with Crippen molar-refractivity contribution in [3.05, 3.63) is 90.1 Å². The number of aromatic nitrogens is 1. The summed E-state index contributed by atoms with van der Waals surface area (Å²) in [7, 11) is -3.81. The van der Waals surface area contributed by atoms with E-state index < -0.39 is 10.0 Å². The smallest absolute Gasteiger partial charge is 0.283 e. The van der Waals surface area contributed by atoms with Crippen LogP contribution in [-0.4, -0.2) is 19.2 Å². The summed E-state index contributed by atoms with van der Waals surface area (Å²) in [5, 5.41) is 3.04. The van der Waals surface area contributed by atoms with E-state index >= 15 is 0 Å². The van der Waals surface area contributed by atoms with Crippen molar-refractivity contribution in [1.82, 2.24) is 4.98 Å². The van der Waals surface area contributed by atoms with Crippen molar-refractivity contribution in [3.8, 4) is 0 Å². The number of sulfonamides is 1. The number of anilines is 1. The molecule has 2 aromatic carbocycles. The maximum Gasteiger partial charge on any atom is 0.283 e. The third-order valence-corrected chi connectivity index (χ3v) is 5.00. The fraction of sp³-hybridized carbons (Fsp3) is 0.100. The van der Waals surface area contributed by atoms with E-state index in [4.69, 9.17) is 0 Å². The standard InChI is InChI=1S/C20H19N3O2S/c1-16-12-13-19(21-15-16)22-20(14-17-8-4-2-5-9-17)23-26(24,25)18-10-6-3-7-11-18/h2-13,15H,14H2,1H3,(H,21,22,23). The largest absolute Gasteiger partial charge is 0.327 e. The Balaban J connectivity index is 1.95. The molecule has 6 heteroatoms. The second kappa shape index (κ2) is 7.93. The van der Waals surface area contributed by atoms with Crippen LogP contribution in [0.3, 0.4) is 0 Å². The Bertz CT molecular complexity index is 984. The highest BCUT2D eigenvalue weighted by atomic mass is 32.2. The van der Waals surface area contributed by atoms with Gasteiger partial charge in [0.1, 0.15) is 11.7 Å². The van der Waals surface area contributed by atoms with E-state index in [1.54, 1.807) is 30.5 Å². The van der Waals surface area contributed by atoms with Gasteiger partial charge in [0, 0.05) is 12.6 Å². The molecule has 0 aliphatic rings. The van der Waals surface area contributed by atoms with Gasteiger partial charge in [0.25, 0.3) is 10.0 Å². The second-order valence-electron chi connectivity index (χ2n) is 5.83. The molecule has 0 aliphatic heterocycles. The summed E-state index contributed by atoms with van der Waals surface area (Å²) in [5.74, 6) is 0.866. The third-order valence-electron chi connectivity index (χ3n) is 3.67. The van der Waals surface area contributed by atoms with Gasteiger partial charge in [0.15, 0.2) is 0 Å². The molecule has 0 fully saturated rings. The van der Waals surface area contributed by atoms with Gasteiger partial charge in [0.2, 0.25) is 0 Å².